The first-order chi connectivity index (χ1) is 8.10. The molecule has 0 heterocycles. The molecule has 1 amide bonds. The summed E-state index contributed by atoms with van der Waals surface area (Å²) in [5.74, 6) is -0.515. The van der Waals surface area contributed by atoms with Crippen molar-refractivity contribution in [3.63, 3.8) is 0 Å². The number of methoxy groups -OCH3 is 2. The second kappa shape index (κ2) is 6.59. The van der Waals surface area contributed by atoms with E-state index in [0.29, 0.717) is 0 Å². The van der Waals surface area contributed by atoms with Crippen LogP contribution >= 0.6 is 0 Å². The average molecular weight is 243 g/mol. The molecule has 0 aliphatic heterocycles. The summed E-state index contributed by atoms with van der Waals surface area (Å²) in [6, 6.07) is 0.152. The molecule has 17 heavy (non-hydrogen) atoms. The molecule has 1 rings (SSSR count). The van der Waals surface area contributed by atoms with Gasteiger partial charge in [-0.3, -0.25) is 9.59 Å². The molecule has 0 bridgehead atoms. The van der Waals surface area contributed by atoms with Gasteiger partial charge in [-0.05, 0) is 19.8 Å². The van der Waals surface area contributed by atoms with Gasteiger partial charge >= 0.3 is 5.97 Å². The number of hydrogen-bond donors (Lipinski definition) is 0. The van der Waals surface area contributed by atoms with E-state index in [1.807, 2.05) is 0 Å². The molecule has 5 heteroatoms. The van der Waals surface area contributed by atoms with E-state index in [4.69, 9.17) is 4.74 Å². The maximum Gasteiger partial charge on any atom is 0.325 e. The highest BCUT2D eigenvalue weighted by Crippen LogP contribution is 2.24. The summed E-state index contributed by atoms with van der Waals surface area (Å²) in [6.45, 7) is 1.72. The average Bonchev–Trinajstić information content (AvgIpc) is 2.87. The van der Waals surface area contributed by atoms with Gasteiger partial charge in [0, 0.05) is 13.2 Å². The molecule has 1 aliphatic rings. The molecule has 0 aromatic heterocycles. The van der Waals surface area contributed by atoms with Crippen LogP contribution in [0.3, 0.4) is 0 Å². The Hall–Kier alpha value is -1.10. The highest BCUT2D eigenvalue weighted by Gasteiger charge is 2.31. The van der Waals surface area contributed by atoms with Gasteiger partial charge in [0.2, 0.25) is 0 Å². The summed E-state index contributed by atoms with van der Waals surface area (Å²) in [6.07, 6.45) is 3.62. The SMILES string of the molecule is COC(=O)CN(C(=O)C(C)OC)C1CCCC1. The molecule has 1 saturated carbocycles. The maximum absolute atomic E-state index is 12.1. The van der Waals surface area contributed by atoms with E-state index in [2.05, 4.69) is 4.74 Å². The zero-order chi connectivity index (χ0) is 12.8. The van der Waals surface area contributed by atoms with E-state index in [1.165, 1.54) is 14.2 Å². The minimum absolute atomic E-state index is 0.0215. The molecule has 5 nitrogen and oxygen atoms in total. The number of ether oxygens (including phenoxy) is 2. The van der Waals surface area contributed by atoms with Gasteiger partial charge < -0.3 is 14.4 Å². The molecule has 0 N–H and O–H groups in total. The fraction of sp³-hybridized carbons (Fsp3) is 0.833. The van der Waals surface area contributed by atoms with Crippen LogP contribution in [0.4, 0.5) is 0 Å². The van der Waals surface area contributed by atoms with Gasteiger partial charge in [0.25, 0.3) is 5.91 Å². The van der Waals surface area contributed by atoms with E-state index in [0.717, 1.165) is 25.7 Å². The van der Waals surface area contributed by atoms with Gasteiger partial charge in [-0.15, -0.1) is 0 Å². The third kappa shape index (κ3) is 3.70. The van der Waals surface area contributed by atoms with E-state index in [-0.39, 0.29) is 24.5 Å². The lowest BCUT2D eigenvalue weighted by Crippen LogP contribution is -2.47. The fourth-order valence-corrected chi connectivity index (χ4v) is 2.14. The van der Waals surface area contributed by atoms with Crippen molar-refractivity contribution < 1.29 is 19.1 Å². The van der Waals surface area contributed by atoms with Gasteiger partial charge in [0.15, 0.2) is 0 Å². The van der Waals surface area contributed by atoms with Crippen LogP contribution in [-0.2, 0) is 19.1 Å². The van der Waals surface area contributed by atoms with Crippen LogP contribution in [0, 0.1) is 0 Å². The highest BCUT2D eigenvalue weighted by molar-refractivity contribution is 5.85. The topological polar surface area (TPSA) is 55.8 Å². The van der Waals surface area contributed by atoms with Crippen molar-refractivity contribution in [3.8, 4) is 0 Å². The van der Waals surface area contributed by atoms with Crippen LogP contribution in [-0.4, -0.2) is 49.7 Å². The fourth-order valence-electron chi connectivity index (χ4n) is 2.14. The van der Waals surface area contributed by atoms with Crippen molar-refractivity contribution in [2.75, 3.05) is 20.8 Å². The summed E-state index contributed by atoms with van der Waals surface area (Å²) in [4.78, 5) is 25.0. The van der Waals surface area contributed by atoms with Crippen LogP contribution in [0.1, 0.15) is 32.6 Å². The van der Waals surface area contributed by atoms with Crippen LogP contribution in [0.25, 0.3) is 0 Å². The van der Waals surface area contributed by atoms with Gasteiger partial charge in [0.05, 0.1) is 7.11 Å². The normalized spacial score (nSPS) is 17.8. The number of hydrogen-bond acceptors (Lipinski definition) is 4. The number of rotatable bonds is 5. The number of nitrogens with zero attached hydrogens (tertiary/aromatic N) is 1. The Morgan fingerprint density at radius 1 is 1.29 bits per heavy atom. The molecule has 1 unspecified atom stereocenters. The second-order valence-electron chi connectivity index (χ2n) is 4.36. The standard InChI is InChI=1S/C12H21NO4/c1-9(16-2)12(15)13(8-11(14)17-3)10-6-4-5-7-10/h9-10H,4-8H2,1-3H3. The molecule has 0 aromatic carbocycles. The van der Waals surface area contributed by atoms with Gasteiger partial charge in [-0.25, -0.2) is 0 Å². The lowest BCUT2D eigenvalue weighted by molar-refractivity contribution is -0.153. The Morgan fingerprint density at radius 2 is 1.88 bits per heavy atom. The monoisotopic (exact) mass is 243 g/mol. The van der Waals surface area contributed by atoms with Crippen molar-refractivity contribution in [1.29, 1.82) is 0 Å². The third-order valence-electron chi connectivity index (χ3n) is 3.28. The second-order valence-corrected chi connectivity index (χ2v) is 4.36. The van der Waals surface area contributed by atoms with Gasteiger partial charge in [0.1, 0.15) is 12.6 Å². The minimum atomic E-state index is -0.514. The lowest BCUT2D eigenvalue weighted by Gasteiger charge is -2.29. The predicted molar refractivity (Wildman–Crippen MR) is 62.5 cm³/mol. The van der Waals surface area contributed by atoms with Gasteiger partial charge in [-0.1, -0.05) is 12.8 Å². The van der Waals surface area contributed by atoms with E-state index in [9.17, 15) is 9.59 Å². The largest absolute Gasteiger partial charge is 0.468 e. The molecule has 0 aromatic rings. The highest BCUT2D eigenvalue weighted by atomic mass is 16.5. The predicted octanol–water partition coefficient (Wildman–Crippen LogP) is 0.965. The van der Waals surface area contributed by atoms with Crippen molar-refractivity contribution in [1.82, 2.24) is 4.90 Å². The molecule has 0 saturated heterocycles. The summed E-state index contributed by atoms with van der Waals surface area (Å²) >= 11 is 0. The number of carbonyl (C=O) groups is 2. The Balaban J connectivity index is 2.70. The Bertz CT molecular complexity index is 274. The summed E-state index contributed by atoms with van der Waals surface area (Å²) in [5, 5.41) is 0. The summed E-state index contributed by atoms with van der Waals surface area (Å²) in [7, 11) is 2.83. The Morgan fingerprint density at radius 3 is 2.35 bits per heavy atom. The molecule has 1 aliphatic carbocycles. The van der Waals surface area contributed by atoms with E-state index < -0.39 is 6.10 Å². The van der Waals surface area contributed by atoms with Crippen molar-refractivity contribution >= 4 is 11.9 Å². The minimum Gasteiger partial charge on any atom is -0.468 e. The molecular weight excluding hydrogens is 222 g/mol. The Labute approximate surface area is 102 Å². The quantitative estimate of drug-likeness (QED) is 0.675. The molecular formula is C12H21NO4. The van der Waals surface area contributed by atoms with Crippen LogP contribution < -0.4 is 0 Å². The molecule has 1 fully saturated rings. The lowest BCUT2D eigenvalue weighted by atomic mass is 10.2. The van der Waals surface area contributed by atoms with Crippen LogP contribution in [0.5, 0.6) is 0 Å². The zero-order valence-corrected chi connectivity index (χ0v) is 10.8. The third-order valence-corrected chi connectivity index (χ3v) is 3.28. The Kier molecular flexibility index (Phi) is 5.41. The first kappa shape index (κ1) is 14.0. The number of esters is 1. The molecule has 98 valence electrons. The molecule has 0 radical (unpaired) electrons. The zero-order valence-electron chi connectivity index (χ0n) is 10.8. The summed E-state index contributed by atoms with van der Waals surface area (Å²) in [5.41, 5.74) is 0. The van der Waals surface area contributed by atoms with Crippen LogP contribution in [0.15, 0.2) is 0 Å². The molecule has 1 atom stereocenters. The van der Waals surface area contributed by atoms with E-state index >= 15 is 0 Å². The van der Waals surface area contributed by atoms with Crippen molar-refractivity contribution in [2.24, 2.45) is 0 Å². The maximum atomic E-state index is 12.1. The first-order valence-electron chi connectivity index (χ1n) is 6.00. The smallest absolute Gasteiger partial charge is 0.325 e. The number of carbonyl (C=O) groups excluding carboxylic acids is 2. The molecule has 0 spiro atoms. The first-order valence-corrected chi connectivity index (χ1v) is 6.00. The van der Waals surface area contributed by atoms with E-state index in [1.54, 1.807) is 11.8 Å². The van der Waals surface area contributed by atoms with Crippen molar-refractivity contribution in [3.05, 3.63) is 0 Å². The van der Waals surface area contributed by atoms with Crippen LogP contribution in [0.2, 0.25) is 0 Å². The van der Waals surface area contributed by atoms with Gasteiger partial charge in [-0.2, -0.15) is 0 Å². The summed E-state index contributed by atoms with van der Waals surface area (Å²) < 4.78 is 9.65. The van der Waals surface area contributed by atoms with Crippen molar-refractivity contribution in [2.45, 2.75) is 44.8 Å². The number of amides is 1.